The minimum atomic E-state index is -4.40. The highest BCUT2D eigenvalue weighted by molar-refractivity contribution is 6.05. The molecule has 0 aromatic heterocycles. The lowest BCUT2D eigenvalue weighted by molar-refractivity contribution is -0.137. The number of alkyl halides is 3. The summed E-state index contributed by atoms with van der Waals surface area (Å²) in [4.78, 5) is 22.5. The van der Waals surface area contributed by atoms with Crippen LogP contribution in [0.25, 0.3) is 6.08 Å². The van der Waals surface area contributed by atoms with Crippen LogP contribution in [-0.2, 0) is 15.8 Å². The second kappa shape index (κ2) is 4.75. The highest BCUT2D eigenvalue weighted by Gasteiger charge is 2.29. The van der Waals surface area contributed by atoms with E-state index in [1.807, 2.05) is 0 Å². The summed E-state index contributed by atoms with van der Waals surface area (Å²) < 4.78 is 37.1. The molecule has 1 aliphatic rings. The molecule has 1 heterocycles. The van der Waals surface area contributed by atoms with Crippen LogP contribution in [0.1, 0.15) is 11.1 Å². The topological polar surface area (TPSA) is 58.2 Å². The van der Waals surface area contributed by atoms with Crippen molar-refractivity contribution in [1.82, 2.24) is 10.6 Å². The van der Waals surface area contributed by atoms with Gasteiger partial charge in [0.25, 0.3) is 5.91 Å². The van der Waals surface area contributed by atoms with E-state index in [1.54, 1.807) is 0 Å². The van der Waals surface area contributed by atoms with Crippen LogP contribution in [-0.4, -0.2) is 18.4 Å². The van der Waals surface area contributed by atoms with Crippen molar-refractivity contribution in [2.24, 2.45) is 0 Å². The number of hydrogen-bond acceptors (Lipinski definition) is 2. The standard InChI is InChI=1S/C12H9F3N2O2/c13-12(14,15)8-3-1-7(2-4-8)5-9-11(19)16-6-10(18)17-9/h1-5H,6H2,(H,16,19)(H,17,18). The predicted molar refractivity (Wildman–Crippen MR) is 60.6 cm³/mol. The van der Waals surface area contributed by atoms with Crippen LogP contribution < -0.4 is 10.6 Å². The van der Waals surface area contributed by atoms with Crippen LogP contribution >= 0.6 is 0 Å². The summed E-state index contributed by atoms with van der Waals surface area (Å²) in [6.45, 7) is -0.108. The lowest BCUT2D eigenvalue weighted by atomic mass is 10.1. The number of halogens is 3. The number of hydrogen-bond donors (Lipinski definition) is 2. The number of nitrogens with one attached hydrogen (secondary N) is 2. The van der Waals surface area contributed by atoms with Gasteiger partial charge in [0.1, 0.15) is 5.70 Å². The maximum atomic E-state index is 12.4. The van der Waals surface area contributed by atoms with Crippen LogP contribution in [0.5, 0.6) is 0 Å². The van der Waals surface area contributed by atoms with Gasteiger partial charge in [0.2, 0.25) is 5.91 Å². The highest BCUT2D eigenvalue weighted by atomic mass is 19.4. The third-order valence-corrected chi connectivity index (χ3v) is 2.48. The Balaban J connectivity index is 2.23. The smallest absolute Gasteiger partial charge is 0.342 e. The van der Waals surface area contributed by atoms with E-state index in [9.17, 15) is 22.8 Å². The van der Waals surface area contributed by atoms with Crippen molar-refractivity contribution in [2.75, 3.05) is 6.54 Å². The van der Waals surface area contributed by atoms with Crippen LogP contribution in [0.4, 0.5) is 13.2 Å². The van der Waals surface area contributed by atoms with Crippen molar-refractivity contribution in [3.05, 3.63) is 41.1 Å². The maximum Gasteiger partial charge on any atom is 0.416 e. The van der Waals surface area contributed by atoms with Crippen molar-refractivity contribution in [1.29, 1.82) is 0 Å². The number of benzene rings is 1. The van der Waals surface area contributed by atoms with Gasteiger partial charge in [-0.3, -0.25) is 9.59 Å². The van der Waals surface area contributed by atoms with E-state index in [4.69, 9.17) is 0 Å². The van der Waals surface area contributed by atoms with Gasteiger partial charge >= 0.3 is 6.18 Å². The molecule has 100 valence electrons. The molecule has 19 heavy (non-hydrogen) atoms. The van der Waals surface area contributed by atoms with Gasteiger partial charge in [0.15, 0.2) is 0 Å². The summed E-state index contributed by atoms with van der Waals surface area (Å²) in [6, 6.07) is 4.28. The molecule has 2 rings (SSSR count). The number of carbonyl (C=O) groups excluding carboxylic acids is 2. The lowest BCUT2D eigenvalue weighted by Crippen LogP contribution is -2.46. The van der Waals surface area contributed by atoms with E-state index in [2.05, 4.69) is 10.6 Å². The van der Waals surface area contributed by atoms with E-state index in [0.717, 1.165) is 12.1 Å². The van der Waals surface area contributed by atoms with Gasteiger partial charge in [-0.05, 0) is 23.8 Å². The largest absolute Gasteiger partial charge is 0.416 e. The molecule has 0 saturated carbocycles. The van der Waals surface area contributed by atoms with Crippen molar-refractivity contribution in [2.45, 2.75) is 6.18 Å². The van der Waals surface area contributed by atoms with Crippen molar-refractivity contribution in [3.8, 4) is 0 Å². The zero-order valence-electron chi connectivity index (χ0n) is 9.54. The van der Waals surface area contributed by atoms with Crippen LogP contribution in [0.3, 0.4) is 0 Å². The molecule has 7 heteroatoms. The quantitative estimate of drug-likeness (QED) is 0.755. The number of rotatable bonds is 1. The first-order valence-electron chi connectivity index (χ1n) is 5.33. The first kappa shape index (κ1) is 13.1. The molecule has 1 aliphatic heterocycles. The molecule has 0 bridgehead atoms. The van der Waals surface area contributed by atoms with Gasteiger partial charge in [0, 0.05) is 0 Å². The first-order chi connectivity index (χ1) is 8.86. The van der Waals surface area contributed by atoms with E-state index < -0.39 is 17.6 Å². The third kappa shape index (κ3) is 3.12. The number of piperazine rings is 1. The van der Waals surface area contributed by atoms with Gasteiger partial charge in [-0.15, -0.1) is 0 Å². The van der Waals surface area contributed by atoms with Crippen LogP contribution in [0.2, 0.25) is 0 Å². The maximum absolute atomic E-state index is 12.4. The molecule has 0 aliphatic carbocycles. The van der Waals surface area contributed by atoms with E-state index in [0.29, 0.717) is 5.56 Å². The lowest BCUT2D eigenvalue weighted by Gasteiger charge is -2.16. The summed E-state index contributed by atoms with van der Waals surface area (Å²) >= 11 is 0. The Morgan fingerprint density at radius 3 is 2.32 bits per heavy atom. The Bertz CT molecular complexity index is 547. The molecule has 1 saturated heterocycles. The molecule has 2 N–H and O–H groups in total. The fourth-order valence-corrected chi connectivity index (χ4v) is 1.54. The zero-order valence-corrected chi connectivity index (χ0v) is 9.54. The molecule has 0 spiro atoms. The fraction of sp³-hybridized carbons (Fsp3) is 0.167. The molecule has 0 unspecified atom stereocenters. The van der Waals surface area contributed by atoms with E-state index in [1.165, 1.54) is 18.2 Å². The molecule has 1 fully saturated rings. The molecule has 4 nitrogen and oxygen atoms in total. The van der Waals surface area contributed by atoms with Gasteiger partial charge in [-0.2, -0.15) is 13.2 Å². The molecule has 0 atom stereocenters. The molecule has 0 radical (unpaired) electrons. The number of amides is 2. The summed E-state index contributed by atoms with van der Waals surface area (Å²) in [5.41, 5.74) is -0.372. The molecule has 2 amide bonds. The SMILES string of the molecule is O=C1CNC(=O)C(=Cc2ccc(C(F)(F)F)cc2)N1. The first-order valence-corrected chi connectivity index (χ1v) is 5.33. The van der Waals surface area contributed by atoms with E-state index >= 15 is 0 Å². The predicted octanol–water partition coefficient (Wildman–Crippen LogP) is 1.29. The van der Waals surface area contributed by atoms with Crippen molar-refractivity contribution >= 4 is 17.9 Å². The Kier molecular flexibility index (Phi) is 3.28. The Morgan fingerprint density at radius 2 is 1.74 bits per heavy atom. The Hall–Kier alpha value is -2.31. The Labute approximate surface area is 106 Å². The molecule has 1 aromatic rings. The minimum absolute atomic E-state index is 0.0102. The third-order valence-electron chi connectivity index (χ3n) is 2.48. The second-order valence-corrected chi connectivity index (χ2v) is 3.91. The summed E-state index contributed by atoms with van der Waals surface area (Å²) in [5, 5.41) is 4.69. The summed E-state index contributed by atoms with van der Waals surface area (Å²) in [7, 11) is 0. The zero-order chi connectivity index (χ0) is 14.0. The van der Waals surface area contributed by atoms with E-state index in [-0.39, 0.29) is 18.1 Å². The molecule has 1 aromatic carbocycles. The van der Waals surface area contributed by atoms with Gasteiger partial charge in [0.05, 0.1) is 12.1 Å². The Morgan fingerprint density at radius 1 is 1.11 bits per heavy atom. The van der Waals surface area contributed by atoms with Crippen LogP contribution in [0.15, 0.2) is 30.0 Å². The average molecular weight is 270 g/mol. The number of carbonyl (C=O) groups is 2. The van der Waals surface area contributed by atoms with Crippen LogP contribution in [0, 0.1) is 0 Å². The fourth-order valence-electron chi connectivity index (χ4n) is 1.54. The molecular formula is C12H9F3N2O2. The average Bonchev–Trinajstić information content (AvgIpc) is 2.33. The normalized spacial score (nSPS) is 18.2. The van der Waals surface area contributed by atoms with Gasteiger partial charge in [-0.1, -0.05) is 12.1 Å². The minimum Gasteiger partial charge on any atom is -0.342 e. The highest BCUT2D eigenvalue weighted by Crippen LogP contribution is 2.29. The monoisotopic (exact) mass is 270 g/mol. The second-order valence-electron chi connectivity index (χ2n) is 3.91. The summed E-state index contributed by atoms with van der Waals surface area (Å²) in [5.74, 6) is -0.850. The van der Waals surface area contributed by atoms with Crippen molar-refractivity contribution < 1.29 is 22.8 Å². The van der Waals surface area contributed by atoms with Crippen molar-refractivity contribution in [3.63, 3.8) is 0 Å². The molecular weight excluding hydrogens is 261 g/mol. The summed E-state index contributed by atoms with van der Waals surface area (Å²) in [6.07, 6.45) is -3.09. The van der Waals surface area contributed by atoms with Gasteiger partial charge < -0.3 is 10.6 Å². The van der Waals surface area contributed by atoms with Gasteiger partial charge in [-0.25, -0.2) is 0 Å².